The third-order valence-corrected chi connectivity index (χ3v) is 23.1. The molecule has 0 unspecified atom stereocenters. The van der Waals surface area contributed by atoms with E-state index in [1.165, 1.54) is 419 Å². The third kappa shape index (κ3) is 52.0. The van der Waals surface area contributed by atoms with E-state index in [0.29, 0.717) is 0 Å². The summed E-state index contributed by atoms with van der Waals surface area (Å²) in [5, 5.41) is 0. The van der Waals surface area contributed by atoms with Crippen LogP contribution in [0.15, 0.2) is 60.2 Å². The van der Waals surface area contributed by atoms with Gasteiger partial charge in [-0.05, 0) is 111 Å². The standard InChI is InChI=1S/C55H88N2.2C19H39.Pd/c1-6-11-16-17-18-19-20-21-22-23-24-25-26-27-28-29-30-31-32-33-34-39-51-46-54(52-42-47(35-12-7-2)40-48(43-52)36-13-8-3)57(56)55(51)53-44-49(37-14-9-4)41-50(45-53)38-15-10-5;2*1-3-5-7-9-11-13-15-17-19-18-16-14-12-10-8-6-4-2;/h34,39-46H,6-33,35-38H2,1-5H3;2*1,3-19H2,2H3;. The van der Waals surface area contributed by atoms with Crippen molar-refractivity contribution >= 4 is 11.4 Å². The van der Waals surface area contributed by atoms with Crippen LogP contribution >= 0.6 is 0 Å². The second-order valence-corrected chi connectivity index (χ2v) is 32.8. The molecule has 1 aliphatic rings. The van der Waals surface area contributed by atoms with Crippen molar-refractivity contribution in [3.8, 4) is 0 Å². The van der Waals surface area contributed by atoms with Crippen molar-refractivity contribution in [3.05, 3.63) is 99.1 Å². The zero-order valence-electron chi connectivity index (χ0n) is 66.0. The molecule has 0 aromatic heterocycles. The molecule has 0 aliphatic carbocycles. The molecule has 3 heteroatoms. The van der Waals surface area contributed by atoms with Crippen LogP contribution in [0.3, 0.4) is 0 Å². The first-order valence-corrected chi connectivity index (χ1v) is 46.0. The molecule has 0 fully saturated rings. The number of hydrogen-bond donors (Lipinski definition) is 0. The van der Waals surface area contributed by atoms with Crippen LogP contribution in [0.1, 0.15) is 480 Å². The Balaban J connectivity index is 0.000000705. The fourth-order valence-electron chi connectivity index (χ4n) is 14.4. The third-order valence-electron chi connectivity index (χ3n) is 20.9. The fraction of sp³-hybridized carbons (Fsp3) is 0.806. The summed E-state index contributed by atoms with van der Waals surface area (Å²) in [5.41, 5.74) is 23.0. The van der Waals surface area contributed by atoms with Crippen LogP contribution in [-0.4, -0.2) is 4.70 Å². The van der Waals surface area contributed by atoms with Crippen LogP contribution < -0.4 is 0 Å². The molecule has 0 N–H and O–H groups in total. The van der Waals surface area contributed by atoms with Crippen molar-refractivity contribution in [2.75, 3.05) is 0 Å². The molecule has 0 saturated heterocycles. The second kappa shape index (κ2) is 70.0. The van der Waals surface area contributed by atoms with Crippen LogP contribution in [0.4, 0.5) is 0 Å². The molecule has 0 amide bonds. The average molecular weight is 1420 g/mol. The Morgan fingerprint density at radius 2 is 0.500 bits per heavy atom. The number of hydrogen-bond acceptors (Lipinski definition) is 0. The number of allylic oxidation sites excluding steroid dienone is 4. The zero-order chi connectivity index (χ0) is 68.9. The van der Waals surface area contributed by atoms with Gasteiger partial charge < -0.3 is 5.53 Å². The van der Waals surface area contributed by atoms with Gasteiger partial charge in [0.25, 0.3) is 0 Å². The molecule has 1 aliphatic heterocycles. The second-order valence-electron chi connectivity index (χ2n) is 30.5. The molecule has 96 heavy (non-hydrogen) atoms. The van der Waals surface area contributed by atoms with Crippen LogP contribution in [-0.2, 0) is 43.7 Å². The van der Waals surface area contributed by atoms with E-state index in [2.05, 4.69) is 103 Å². The molecule has 0 radical (unpaired) electrons. The van der Waals surface area contributed by atoms with Gasteiger partial charge in [-0.25, -0.2) is 4.70 Å². The average Bonchev–Trinajstić information content (AvgIpc) is 1.63. The molecule has 3 rings (SSSR count). The predicted molar refractivity (Wildman–Crippen MR) is 431 cm³/mol. The summed E-state index contributed by atoms with van der Waals surface area (Å²) in [7, 11) is 0. The number of aryl methyl sites for hydroxylation is 4. The summed E-state index contributed by atoms with van der Waals surface area (Å²) in [6, 6.07) is 14.2. The topological polar surface area (TPSA) is 25.3 Å². The Labute approximate surface area is 611 Å². The van der Waals surface area contributed by atoms with Gasteiger partial charge in [-0.3, -0.25) is 0 Å². The number of rotatable bonds is 71. The molecule has 2 aromatic carbocycles. The van der Waals surface area contributed by atoms with Crippen molar-refractivity contribution in [1.29, 1.82) is 0 Å². The maximum atomic E-state index is 12.1. The quantitative estimate of drug-likeness (QED) is 0.0358. The van der Waals surface area contributed by atoms with E-state index >= 15 is 0 Å². The first kappa shape index (κ1) is 90.0. The molecular weight excluding hydrogens is 1250 g/mol. The molecule has 1 heterocycles. The maximum absolute atomic E-state index is 12.1. The van der Waals surface area contributed by atoms with Gasteiger partial charge in [-0.15, -0.1) is 0 Å². The number of nitrogens with zero attached hydrogens (tertiary/aromatic N) is 2. The van der Waals surface area contributed by atoms with Gasteiger partial charge >= 0.3 is 169 Å². The Bertz CT molecular complexity index is 2020. The van der Waals surface area contributed by atoms with Crippen LogP contribution in [0.5, 0.6) is 0 Å². The zero-order valence-corrected chi connectivity index (χ0v) is 67.5. The molecule has 0 atom stereocenters. The van der Waals surface area contributed by atoms with Crippen LogP contribution in [0.25, 0.3) is 16.9 Å². The van der Waals surface area contributed by atoms with Gasteiger partial charge in [0.05, 0.1) is 5.57 Å². The van der Waals surface area contributed by atoms with Crippen molar-refractivity contribution in [2.24, 2.45) is 0 Å². The van der Waals surface area contributed by atoms with Gasteiger partial charge in [0.1, 0.15) is 0 Å². The van der Waals surface area contributed by atoms with E-state index in [1.807, 2.05) is 0 Å². The van der Waals surface area contributed by atoms with Gasteiger partial charge in [-0.2, -0.15) is 0 Å². The minimum absolute atomic E-state index is 0.915. The normalized spacial score (nSPS) is 12.5. The smallest absolute Gasteiger partial charge is 0.0654 e. The van der Waals surface area contributed by atoms with Gasteiger partial charge in [0.15, 0.2) is 0 Å². The van der Waals surface area contributed by atoms with E-state index in [-0.39, 0.29) is 0 Å². The molecule has 2 nitrogen and oxygen atoms in total. The van der Waals surface area contributed by atoms with Crippen molar-refractivity contribution in [3.63, 3.8) is 0 Å². The summed E-state index contributed by atoms with van der Waals surface area (Å²) in [5.74, 6) is 0. The van der Waals surface area contributed by atoms with E-state index in [0.717, 1.165) is 78.2 Å². The van der Waals surface area contributed by atoms with E-state index < -0.39 is 0 Å². The monoisotopic (exact) mass is 1420 g/mol. The summed E-state index contributed by atoms with van der Waals surface area (Å²) >= 11 is 1.06. The number of unbranched alkanes of at least 4 members (excludes halogenated alkanes) is 55. The fourth-order valence-corrected chi connectivity index (χ4v) is 16.4. The first-order valence-electron chi connectivity index (χ1n) is 43.8. The Morgan fingerprint density at radius 1 is 0.271 bits per heavy atom. The minimum atomic E-state index is 0.915. The van der Waals surface area contributed by atoms with Crippen molar-refractivity contribution < 1.29 is 22.7 Å². The van der Waals surface area contributed by atoms with Gasteiger partial charge in [0, 0.05) is 17.2 Å². The molecular formula is C93H166N2Pd. The predicted octanol–water partition coefficient (Wildman–Crippen LogP) is 33.4. The Hall–Kier alpha value is -2.08. The van der Waals surface area contributed by atoms with E-state index in [9.17, 15) is 5.53 Å². The molecule has 0 saturated carbocycles. The molecule has 558 valence electrons. The summed E-state index contributed by atoms with van der Waals surface area (Å²) < 4.78 is 1.53. The summed E-state index contributed by atoms with van der Waals surface area (Å²) in [6.45, 7) is 16.0. The first-order chi connectivity index (χ1) is 47.5. The molecule has 0 bridgehead atoms. The van der Waals surface area contributed by atoms with E-state index in [4.69, 9.17) is 0 Å². The van der Waals surface area contributed by atoms with Crippen LogP contribution in [0, 0.1) is 0 Å². The van der Waals surface area contributed by atoms with Crippen molar-refractivity contribution in [2.45, 2.75) is 482 Å². The van der Waals surface area contributed by atoms with Crippen LogP contribution in [0.2, 0.25) is 9.79 Å². The van der Waals surface area contributed by atoms with Gasteiger partial charge in [0.2, 0.25) is 11.4 Å². The Morgan fingerprint density at radius 3 is 0.760 bits per heavy atom. The SMILES string of the molecule is CCCCCCCCCCCCCCCCCCCCCC=CC1=C(c2cc(CCCC)cc(CCCC)c2)[N+](=[N-])C(c2cc(CCCC)cc(CCCC)c2)=C1.CCCCCCCCCCCCCCCCCC[CH2][Pd][CH2]CCCCCCCCCCCCCCCCCC. The van der Waals surface area contributed by atoms with E-state index in [1.54, 1.807) is 9.79 Å². The van der Waals surface area contributed by atoms with Gasteiger partial charge in [-0.1, -0.05) is 291 Å². The molecule has 2 aromatic rings. The summed E-state index contributed by atoms with van der Waals surface area (Å²) in [4.78, 5) is 3.09. The number of benzene rings is 2. The minimum Gasteiger partial charge on any atom is -0.0654 e. The summed E-state index contributed by atoms with van der Waals surface area (Å²) in [6.07, 6.45) is 99.3. The molecule has 0 spiro atoms. The van der Waals surface area contributed by atoms with Crippen molar-refractivity contribution in [1.82, 2.24) is 0 Å². The Kier molecular flexibility index (Phi) is 65.6.